The molecule has 4 bridgehead atoms. The minimum atomic E-state index is -0.475. The third-order valence-corrected chi connectivity index (χ3v) is 8.13. The normalized spacial score (nSPS) is 19.1. The third-order valence-electron chi connectivity index (χ3n) is 8.13. The molecule has 238 valence electrons. The minimum absolute atomic E-state index is 0.163. The van der Waals surface area contributed by atoms with Crippen LogP contribution in [0.4, 0.5) is 0 Å². The molecule has 1 saturated heterocycles. The maximum atomic E-state index is 13.4. The molecule has 1 fully saturated rings. The first kappa shape index (κ1) is 30.8. The lowest BCUT2D eigenvalue weighted by Gasteiger charge is -2.39. The van der Waals surface area contributed by atoms with Crippen molar-refractivity contribution in [2.24, 2.45) is 0 Å². The summed E-state index contributed by atoms with van der Waals surface area (Å²) in [6.45, 7) is 1.00. The Morgan fingerprint density at radius 2 is 1.91 bits per heavy atom. The van der Waals surface area contributed by atoms with Gasteiger partial charge in [0.25, 0.3) is 11.5 Å². The van der Waals surface area contributed by atoms with Gasteiger partial charge in [-0.05, 0) is 54.8 Å². The molecule has 3 amide bonds. The highest BCUT2D eigenvalue weighted by Gasteiger charge is 2.33. The van der Waals surface area contributed by atoms with Gasteiger partial charge in [0, 0.05) is 37.7 Å². The lowest BCUT2D eigenvalue weighted by Crippen LogP contribution is -2.57. The number of nitrogens with one attached hydrogen (secondary N) is 2. The molecule has 12 heteroatoms. The van der Waals surface area contributed by atoms with Crippen LogP contribution < -0.4 is 25.7 Å². The fraction of sp³-hybridized carbons (Fsp3) is 0.324. The molecule has 12 nitrogen and oxygen atoms in total. The van der Waals surface area contributed by atoms with Crippen LogP contribution in [0.25, 0.3) is 10.9 Å². The van der Waals surface area contributed by atoms with E-state index in [-0.39, 0.29) is 62.0 Å². The molecule has 3 heterocycles. The molecule has 6 rings (SSSR count). The largest absolute Gasteiger partial charge is 0.497 e. The number of carbonyl (C=O) groups excluding carboxylic acids is 3. The van der Waals surface area contributed by atoms with Crippen molar-refractivity contribution in [3.05, 3.63) is 94.5 Å². The first-order valence-electron chi connectivity index (χ1n) is 15.2. The molecule has 2 aliphatic heterocycles. The number of nitrogens with zero attached hydrogens (tertiary/aromatic N) is 3. The van der Waals surface area contributed by atoms with Gasteiger partial charge in [0.2, 0.25) is 11.8 Å². The number of para-hydroxylation sites is 1. The quantitative estimate of drug-likeness (QED) is 0.354. The maximum absolute atomic E-state index is 13.4. The summed E-state index contributed by atoms with van der Waals surface area (Å²) in [5.41, 5.74) is 1.51. The molecule has 2 N–H and O–H groups in total. The van der Waals surface area contributed by atoms with E-state index in [1.165, 1.54) is 18.0 Å². The van der Waals surface area contributed by atoms with Gasteiger partial charge in [-0.3, -0.25) is 23.7 Å². The van der Waals surface area contributed by atoms with Gasteiger partial charge in [0.1, 0.15) is 23.8 Å². The van der Waals surface area contributed by atoms with E-state index >= 15 is 0 Å². The van der Waals surface area contributed by atoms with Crippen molar-refractivity contribution < 1.29 is 28.6 Å². The van der Waals surface area contributed by atoms with Crippen molar-refractivity contribution in [2.45, 2.75) is 44.6 Å². The standard InChI is InChI=1S/C34H35N5O7/c1-44-25-15-23-16-26(17-25)46-24-7-4-6-22(14-24)20-45-30-11-13-38(18-29(30)37-31(40)10-5-12-35-33(23)42)32(41)19-39-21-36-28-9-3-2-8-27(28)34(39)43/h2-4,6-9,14-17,21,29-30H,5,10-13,18-20H2,1H3,(H,35,42)(H,37,40)/t29-,30-/m0/s1. The third kappa shape index (κ3) is 7.18. The number of hydrogen-bond donors (Lipinski definition) is 2. The molecular formula is C34H35N5O7. The van der Waals surface area contributed by atoms with Crippen LogP contribution in [-0.2, 0) is 27.5 Å². The van der Waals surface area contributed by atoms with Gasteiger partial charge in [-0.25, -0.2) is 4.98 Å². The summed E-state index contributed by atoms with van der Waals surface area (Å²) in [5, 5.41) is 6.35. The molecule has 0 aliphatic carbocycles. The topological polar surface area (TPSA) is 141 Å². The van der Waals surface area contributed by atoms with Gasteiger partial charge in [-0.1, -0.05) is 24.3 Å². The number of rotatable bonds is 3. The van der Waals surface area contributed by atoms with Crippen LogP contribution in [0.1, 0.15) is 35.2 Å². The van der Waals surface area contributed by atoms with Crippen molar-refractivity contribution in [1.29, 1.82) is 0 Å². The van der Waals surface area contributed by atoms with Crippen LogP contribution in [0.5, 0.6) is 17.2 Å². The average Bonchev–Trinajstić information content (AvgIpc) is 3.07. The molecule has 1 aromatic heterocycles. The van der Waals surface area contributed by atoms with Crippen LogP contribution in [0.3, 0.4) is 0 Å². The summed E-state index contributed by atoms with van der Waals surface area (Å²) in [6, 6.07) is 18.9. The highest BCUT2D eigenvalue weighted by Crippen LogP contribution is 2.29. The van der Waals surface area contributed by atoms with E-state index in [1.807, 2.05) is 24.3 Å². The highest BCUT2D eigenvalue weighted by atomic mass is 16.5. The Hall–Kier alpha value is -5.23. The number of aromatic nitrogens is 2. The Bertz CT molecular complexity index is 1820. The van der Waals surface area contributed by atoms with Crippen molar-refractivity contribution in [1.82, 2.24) is 25.1 Å². The number of methoxy groups -OCH3 is 1. The van der Waals surface area contributed by atoms with Gasteiger partial charge < -0.3 is 29.7 Å². The molecule has 0 radical (unpaired) electrons. The van der Waals surface area contributed by atoms with Gasteiger partial charge in [0.15, 0.2) is 0 Å². The van der Waals surface area contributed by atoms with Crippen LogP contribution >= 0.6 is 0 Å². The highest BCUT2D eigenvalue weighted by molar-refractivity contribution is 5.95. The second-order valence-corrected chi connectivity index (χ2v) is 11.4. The first-order valence-corrected chi connectivity index (χ1v) is 15.2. The van der Waals surface area contributed by atoms with Crippen LogP contribution in [0.15, 0.2) is 77.9 Å². The minimum Gasteiger partial charge on any atom is -0.497 e. The molecular weight excluding hydrogens is 590 g/mol. The van der Waals surface area contributed by atoms with Crippen LogP contribution in [0.2, 0.25) is 0 Å². The Balaban J connectivity index is 1.19. The number of fused-ring (bicyclic) bond motifs is 6. The number of hydrogen-bond acceptors (Lipinski definition) is 8. The Morgan fingerprint density at radius 3 is 2.78 bits per heavy atom. The number of amides is 3. The van der Waals surface area contributed by atoms with Gasteiger partial charge in [-0.2, -0.15) is 0 Å². The number of ether oxygens (including phenoxy) is 3. The molecule has 0 saturated carbocycles. The number of likely N-dealkylation sites (tertiary alicyclic amines) is 1. The number of benzene rings is 3. The second-order valence-electron chi connectivity index (χ2n) is 11.4. The molecule has 2 atom stereocenters. The van der Waals surface area contributed by atoms with E-state index in [4.69, 9.17) is 14.2 Å². The Morgan fingerprint density at radius 1 is 1.04 bits per heavy atom. The number of piperidine rings is 1. The summed E-state index contributed by atoms with van der Waals surface area (Å²) in [4.78, 5) is 58.3. The van der Waals surface area contributed by atoms with E-state index in [2.05, 4.69) is 15.6 Å². The van der Waals surface area contributed by atoms with Crippen molar-refractivity contribution in [3.63, 3.8) is 0 Å². The van der Waals surface area contributed by atoms with E-state index < -0.39 is 6.04 Å². The lowest BCUT2D eigenvalue weighted by molar-refractivity contribution is -0.138. The summed E-state index contributed by atoms with van der Waals surface area (Å²) < 4.78 is 19.1. The van der Waals surface area contributed by atoms with E-state index in [9.17, 15) is 19.2 Å². The maximum Gasteiger partial charge on any atom is 0.261 e. The van der Waals surface area contributed by atoms with Crippen molar-refractivity contribution in [2.75, 3.05) is 26.7 Å². The Kier molecular flexibility index (Phi) is 9.25. The zero-order valence-electron chi connectivity index (χ0n) is 25.4. The second kappa shape index (κ2) is 13.8. The van der Waals surface area contributed by atoms with E-state index in [0.29, 0.717) is 53.1 Å². The fourth-order valence-corrected chi connectivity index (χ4v) is 5.71. The molecule has 4 aromatic rings. The summed E-state index contributed by atoms with van der Waals surface area (Å²) >= 11 is 0. The fourth-order valence-electron chi connectivity index (χ4n) is 5.71. The predicted molar refractivity (Wildman–Crippen MR) is 169 cm³/mol. The lowest BCUT2D eigenvalue weighted by atomic mass is 10.0. The SMILES string of the molecule is COc1cc2cc(c1)C(=O)NCCCC(=O)N[C@H]1CN(C(=O)Cn3cnc4ccccc4c3=O)CC[C@@H]1OCc1cccc(c1)O2. The molecule has 2 aliphatic rings. The Labute approximate surface area is 265 Å². The molecule has 46 heavy (non-hydrogen) atoms. The summed E-state index contributed by atoms with van der Waals surface area (Å²) in [6.07, 6.45) is 2.10. The predicted octanol–water partition coefficient (Wildman–Crippen LogP) is 3.02. The van der Waals surface area contributed by atoms with Gasteiger partial charge in [-0.15, -0.1) is 0 Å². The molecule has 0 unspecified atom stereocenters. The van der Waals surface area contributed by atoms with Crippen molar-refractivity contribution in [3.8, 4) is 17.2 Å². The van der Waals surface area contributed by atoms with Gasteiger partial charge in [0.05, 0.1) is 43.1 Å². The van der Waals surface area contributed by atoms with E-state index in [0.717, 1.165) is 5.56 Å². The number of carbonyl (C=O) groups is 3. The monoisotopic (exact) mass is 625 g/mol. The summed E-state index contributed by atoms with van der Waals surface area (Å²) in [7, 11) is 1.52. The summed E-state index contributed by atoms with van der Waals surface area (Å²) in [5.74, 6) is 0.714. The zero-order valence-corrected chi connectivity index (χ0v) is 25.4. The molecule has 0 spiro atoms. The first-order chi connectivity index (χ1) is 22.4. The molecule has 3 aromatic carbocycles. The van der Waals surface area contributed by atoms with Crippen LogP contribution in [0, 0.1) is 0 Å². The zero-order chi connectivity index (χ0) is 32.0. The van der Waals surface area contributed by atoms with E-state index in [1.54, 1.807) is 47.4 Å². The average molecular weight is 626 g/mol. The van der Waals surface area contributed by atoms with Crippen LogP contribution in [-0.4, -0.2) is 71.1 Å². The van der Waals surface area contributed by atoms with Gasteiger partial charge >= 0.3 is 0 Å². The smallest absolute Gasteiger partial charge is 0.261 e. The van der Waals surface area contributed by atoms with Crippen molar-refractivity contribution >= 4 is 28.6 Å².